The summed E-state index contributed by atoms with van der Waals surface area (Å²) in [4.78, 5) is 11.7. The molecule has 0 saturated heterocycles. The molecule has 0 amide bonds. The summed E-state index contributed by atoms with van der Waals surface area (Å²) in [5.74, 6) is -0.0526. The number of unbranched alkanes of at least 4 members (excludes halogenated alkanes) is 10. The van der Waals surface area contributed by atoms with Crippen LogP contribution in [0.25, 0.3) is 0 Å². The van der Waals surface area contributed by atoms with Crippen molar-refractivity contribution < 1.29 is 14.3 Å². The van der Waals surface area contributed by atoms with Crippen LogP contribution in [0.1, 0.15) is 116 Å². The van der Waals surface area contributed by atoms with Crippen LogP contribution in [-0.2, 0) is 14.3 Å². The van der Waals surface area contributed by atoms with E-state index in [9.17, 15) is 4.79 Å². The zero-order chi connectivity index (χ0) is 18.0. The van der Waals surface area contributed by atoms with Crippen LogP contribution < -0.4 is 0 Å². The Bertz CT molecular complexity index is 298. The van der Waals surface area contributed by atoms with Gasteiger partial charge in [0.1, 0.15) is 6.61 Å². The van der Waals surface area contributed by atoms with Gasteiger partial charge in [0.05, 0.1) is 12.7 Å². The first kappa shape index (κ1) is 22.5. The van der Waals surface area contributed by atoms with Crippen molar-refractivity contribution in [1.29, 1.82) is 0 Å². The van der Waals surface area contributed by atoms with E-state index in [-0.39, 0.29) is 5.97 Å². The second kappa shape index (κ2) is 16.9. The number of carbonyl (C=O) groups is 1. The van der Waals surface area contributed by atoms with Crippen LogP contribution >= 0.6 is 0 Å². The standard InChI is InChI=1S/C22H42O3/c1-2-3-4-5-6-7-8-9-10-11-15-18-22(23)25-20-19-24-21-16-13-12-14-17-21/h21H,2-20H2,1H3. The molecule has 3 heteroatoms. The van der Waals surface area contributed by atoms with Crippen LogP contribution in [0, 0.1) is 0 Å². The highest BCUT2D eigenvalue weighted by Crippen LogP contribution is 2.20. The smallest absolute Gasteiger partial charge is 0.305 e. The van der Waals surface area contributed by atoms with Crippen molar-refractivity contribution in [2.24, 2.45) is 0 Å². The predicted molar refractivity (Wildman–Crippen MR) is 105 cm³/mol. The predicted octanol–water partition coefficient (Wildman–Crippen LogP) is 6.58. The van der Waals surface area contributed by atoms with Crippen molar-refractivity contribution in [2.75, 3.05) is 13.2 Å². The Morgan fingerprint density at radius 2 is 1.32 bits per heavy atom. The maximum Gasteiger partial charge on any atom is 0.305 e. The number of ether oxygens (including phenoxy) is 2. The summed E-state index contributed by atoms with van der Waals surface area (Å²) in [6, 6.07) is 0. The van der Waals surface area contributed by atoms with Gasteiger partial charge in [0.2, 0.25) is 0 Å². The second-order valence-electron chi connectivity index (χ2n) is 7.64. The molecular weight excluding hydrogens is 312 g/mol. The number of carbonyl (C=O) groups excluding carboxylic acids is 1. The molecular formula is C22H42O3. The Morgan fingerprint density at radius 1 is 0.760 bits per heavy atom. The molecule has 148 valence electrons. The molecule has 0 atom stereocenters. The minimum atomic E-state index is -0.0526. The molecule has 3 nitrogen and oxygen atoms in total. The molecule has 0 aliphatic heterocycles. The highest BCUT2D eigenvalue weighted by molar-refractivity contribution is 5.69. The molecule has 0 heterocycles. The van der Waals surface area contributed by atoms with Gasteiger partial charge in [-0.2, -0.15) is 0 Å². The van der Waals surface area contributed by atoms with Gasteiger partial charge in [-0.3, -0.25) is 4.79 Å². The van der Waals surface area contributed by atoms with Crippen molar-refractivity contribution in [3.63, 3.8) is 0 Å². The van der Waals surface area contributed by atoms with Crippen LogP contribution in [0.3, 0.4) is 0 Å². The molecule has 1 fully saturated rings. The van der Waals surface area contributed by atoms with Gasteiger partial charge in [0.25, 0.3) is 0 Å². The molecule has 1 aliphatic carbocycles. The highest BCUT2D eigenvalue weighted by Gasteiger charge is 2.13. The van der Waals surface area contributed by atoms with E-state index in [0.29, 0.717) is 25.7 Å². The molecule has 25 heavy (non-hydrogen) atoms. The fourth-order valence-electron chi connectivity index (χ4n) is 3.61. The van der Waals surface area contributed by atoms with Gasteiger partial charge in [-0.15, -0.1) is 0 Å². The lowest BCUT2D eigenvalue weighted by Crippen LogP contribution is -2.20. The van der Waals surface area contributed by atoms with Crippen molar-refractivity contribution in [2.45, 2.75) is 122 Å². The van der Waals surface area contributed by atoms with Crippen LogP contribution in [0.2, 0.25) is 0 Å². The van der Waals surface area contributed by atoms with Gasteiger partial charge in [-0.1, -0.05) is 90.4 Å². The summed E-state index contributed by atoms with van der Waals surface area (Å²) in [7, 11) is 0. The van der Waals surface area contributed by atoms with Crippen LogP contribution in [-0.4, -0.2) is 25.3 Å². The summed E-state index contributed by atoms with van der Waals surface area (Å²) in [6.45, 7) is 3.25. The number of hydrogen-bond donors (Lipinski definition) is 0. The lowest BCUT2D eigenvalue weighted by atomic mass is 9.98. The summed E-state index contributed by atoms with van der Waals surface area (Å²) in [6.07, 6.45) is 21.6. The molecule has 0 aromatic carbocycles. The number of rotatable bonds is 16. The Balaban J connectivity index is 1.76. The zero-order valence-corrected chi connectivity index (χ0v) is 16.7. The SMILES string of the molecule is CCCCCCCCCCCCCC(=O)OCCOC1CCCCC1. The van der Waals surface area contributed by atoms with E-state index in [1.165, 1.54) is 89.9 Å². The van der Waals surface area contributed by atoms with Gasteiger partial charge in [0.15, 0.2) is 0 Å². The second-order valence-corrected chi connectivity index (χ2v) is 7.64. The summed E-state index contributed by atoms with van der Waals surface area (Å²) >= 11 is 0. The normalized spacial score (nSPS) is 15.4. The monoisotopic (exact) mass is 354 g/mol. The van der Waals surface area contributed by atoms with E-state index in [0.717, 1.165) is 12.8 Å². The Hall–Kier alpha value is -0.570. The largest absolute Gasteiger partial charge is 0.463 e. The summed E-state index contributed by atoms with van der Waals surface area (Å²) < 4.78 is 11.0. The van der Waals surface area contributed by atoms with Gasteiger partial charge in [0, 0.05) is 6.42 Å². The highest BCUT2D eigenvalue weighted by atomic mass is 16.6. The van der Waals surface area contributed by atoms with Crippen molar-refractivity contribution in [1.82, 2.24) is 0 Å². The molecule has 0 unspecified atom stereocenters. The van der Waals surface area contributed by atoms with E-state index in [2.05, 4.69) is 6.92 Å². The minimum absolute atomic E-state index is 0.0526. The first-order valence-electron chi connectivity index (χ1n) is 11.1. The average Bonchev–Trinajstić information content (AvgIpc) is 2.64. The van der Waals surface area contributed by atoms with Crippen molar-refractivity contribution >= 4 is 5.97 Å². The third-order valence-electron chi connectivity index (χ3n) is 5.24. The lowest BCUT2D eigenvalue weighted by molar-refractivity contribution is -0.146. The minimum Gasteiger partial charge on any atom is -0.463 e. The molecule has 0 radical (unpaired) electrons. The maximum absolute atomic E-state index is 11.7. The molecule has 0 aromatic rings. The van der Waals surface area contributed by atoms with E-state index < -0.39 is 0 Å². The zero-order valence-electron chi connectivity index (χ0n) is 16.7. The molecule has 0 bridgehead atoms. The van der Waals surface area contributed by atoms with Crippen LogP contribution in [0.4, 0.5) is 0 Å². The molecule has 1 saturated carbocycles. The molecule has 1 aliphatic rings. The van der Waals surface area contributed by atoms with Gasteiger partial charge in [-0.05, 0) is 19.3 Å². The van der Waals surface area contributed by atoms with Crippen molar-refractivity contribution in [3.05, 3.63) is 0 Å². The fraction of sp³-hybridized carbons (Fsp3) is 0.955. The van der Waals surface area contributed by atoms with Crippen molar-refractivity contribution in [3.8, 4) is 0 Å². The van der Waals surface area contributed by atoms with Crippen LogP contribution in [0.5, 0.6) is 0 Å². The van der Waals surface area contributed by atoms with E-state index in [1.807, 2.05) is 0 Å². The Morgan fingerprint density at radius 3 is 1.92 bits per heavy atom. The summed E-state index contributed by atoms with van der Waals surface area (Å²) in [5, 5.41) is 0. The lowest BCUT2D eigenvalue weighted by Gasteiger charge is -2.21. The third-order valence-corrected chi connectivity index (χ3v) is 5.24. The Kier molecular flexibility index (Phi) is 15.2. The first-order valence-corrected chi connectivity index (χ1v) is 11.1. The van der Waals surface area contributed by atoms with Gasteiger partial charge < -0.3 is 9.47 Å². The first-order chi connectivity index (χ1) is 12.3. The van der Waals surface area contributed by atoms with Crippen LogP contribution in [0.15, 0.2) is 0 Å². The quantitative estimate of drug-likeness (QED) is 0.232. The fourth-order valence-corrected chi connectivity index (χ4v) is 3.61. The number of hydrogen-bond acceptors (Lipinski definition) is 3. The van der Waals surface area contributed by atoms with E-state index >= 15 is 0 Å². The average molecular weight is 355 g/mol. The van der Waals surface area contributed by atoms with Gasteiger partial charge >= 0.3 is 5.97 Å². The maximum atomic E-state index is 11.7. The molecule has 1 rings (SSSR count). The van der Waals surface area contributed by atoms with E-state index in [4.69, 9.17) is 9.47 Å². The summed E-state index contributed by atoms with van der Waals surface area (Å²) in [5.41, 5.74) is 0. The topological polar surface area (TPSA) is 35.5 Å². The van der Waals surface area contributed by atoms with Gasteiger partial charge in [-0.25, -0.2) is 0 Å². The third kappa shape index (κ3) is 14.3. The number of esters is 1. The molecule has 0 aromatic heterocycles. The molecule has 0 N–H and O–H groups in total. The molecule has 0 spiro atoms. The van der Waals surface area contributed by atoms with E-state index in [1.54, 1.807) is 0 Å². The Labute approximate surface area is 156 Å².